The second-order valence-electron chi connectivity index (χ2n) is 5.52. The van der Waals surface area contributed by atoms with Gasteiger partial charge in [0.25, 0.3) is 0 Å². The highest BCUT2D eigenvalue weighted by atomic mass is 32.1. The Kier molecular flexibility index (Phi) is 5.92. The van der Waals surface area contributed by atoms with Crippen LogP contribution in [0.5, 0.6) is 0 Å². The van der Waals surface area contributed by atoms with E-state index in [1.165, 1.54) is 17.8 Å². The van der Waals surface area contributed by atoms with Crippen molar-refractivity contribution in [1.29, 1.82) is 0 Å². The monoisotopic (exact) mass is 358 g/mol. The average Bonchev–Trinajstić information content (AvgIpc) is 2.65. The second-order valence-corrected chi connectivity index (χ2v) is 5.93. The van der Waals surface area contributed by atoms with Crippen LogP contribution in [0.25, 0.3) is 0 Å². The van der Waals surface area contributed by atoms with E-state index < -0.39 is 0 Å². The first kappa shape index (κ1) is 17.3. The molecule has 0 radical (unpaired) electrons. The molecule has 0 unspecified atom stereocenters. The van der Waals surface area contributed by atoms with Gasteiger partial charge in [0.15, 0.2) is 5.11 Å². The summed E-state index contributed by atoms with van der Waals surface area (Å²) in [7, 11) is 0. The summed E-state index contributed by atoms with van der Waals surface area (Å²) in [6.07, 6.45) is 1.70. The van der Waals surface area contributed by atoms with Gasteiger partial charge in [0, 0.05) is 24.5 Å². The van der Waals surface area contributed by atoms with Gasteiger partial charge in [0.1, 0.15) is 5.82 Å². The molecule has 1 aliphatic heterocycles. The van der Waals surface area contributed by atoms with E-state index in [-0.39, 0.29) is 5.82 Å². The number of halogens is 1. The highest BCUT2D eigenvalue weighted by Gasteiger charge is 2.10. The third-order valence-electron chi connectivity index (χ3n) is 3.75. The molecule has 1 aliphatic rings. The molecule has 0 aliphatic carbocycles. The van der Waals surface area contributed by atoms with Crippen LogP contribution in [0.2, 0.25) is 0 Å². The van der Waals surface area contributed by atoms with Crippen molar-refractivity contribution < 1.29 is 9.13 Å². The lowest BCUT2D eigenvalue weighted by Gasteiger charge is -2.28. The number of benzene rings is 2. The maximum Gasteiger partial charge on any atom is 0.191 e. The number of nitrogens with one attached hydrogen (secondary N) is 2. The minimum atomic E-state index is -0.289. The zero-order valence-corrected chi connectivity index (χ0v) is 14.4. The fourth-order valence-electron chi connectivity index (χ4n) is 2.45. The molecule has 1 heterocycles. The molecular weight excluding hydrogens is 339 g/mol. The Morgan fingerprint density at radius 1 is 1.08 bits per heavy atom. The van der Waals surface area contributed by atoms with Crippen LogP contribution in [-0.2, 0) is 4.74 Å². The van der Waals surface area contributed by atoms with Crippen LogP contribution in [-0.4, -0.2) is 37.6 Å². The molecule has 7 heteroatoms. The summed E-state index contributed by atoms with van der Waals surface area (Å²) >= 11 is 5.14. The third-order valence-corrected chi connectivity index (χ3v) is 3.94. The van der Waals surface area contributed by atoms with Gasteiger partial charge >= 0.3 is 0 Å². The van der Waals surface area contributed by atoms with Crippen LogP contribution < -0.4 is 15.6 Å². The molecule has 130 valence electrons. The van der Waals surface area contributed by atoms with Crippen LogP contribution in [0.4, 0.5) is 15.8 Å². The Bertz CT molecular complexity index is 728. The fourth-order valence-corrected chi connectivity index (χ4v) is 2.62. The minimum Gasteiger partial charge on any atom is -0.378 e. The lowest BCUT2D eigenvalue weighted by molar-refractivity contribution is 0.122. The van der Waals surface area contributed by atoms with E-state index in [9.17, 15) is 4.39 Å². The summed E-state index contributed by atoms with van der Waals surface area (Å²) in [4.78, 5) is 2.30. The lowest BCUT2D eigenvalue weighted by atomic mass is 10.2. The topological polar surface area (TPSA) is 48.9 Å². The number of morpholine rings is 1. The van der Waals surface area contributed by atoms with E-state index in [2.05, 4.69) is 32.9 Å². The predicted molar refractivity (Wildman–Crippen MR) is 103 cm³/mol. The van der Waals surface area contributed by atoms with Gasteiger partial charge in [0.05, 0.1) is 19.4 Å². The molecule has 1 fully saturated rings. The van der Waals surface area contributed by atoms with Gasteiger partial charge in [-0.1, -0.05) is 12.1 Å². The molecule has 0 saturated carbocycles. The largest absolute Gasteiger partial charge is 0.378 e. The van der Waals surface area contributed by atoms with Gasteiger partial charge in [-0.3, -0.25) is 5.43 Å². The van der Waals surface area contributed by atoms with Crippen LogP contribution in [0.3, 0.4) is 0 Å². The SMILES string of the molecule is Fc1ccc(NC(=S)N/N=C\c2ccc(N3CCOCC3)cc2)cc1. The van der Waals surface area contributed by atoms with Crippen LogP contribution >= 0.6 is 12.2 Å². The Labute approximate surface area is 151 Å². The third kappa shape index (κ3) is 5.23. The van der Waals surface area contributed by atoms with Gasteiger partial charge < -0.3 is 15.0 Å². The van der Waals surface area contributed by atoms with Crippen molar-refractivity contribution in [3.63, 3.8) is 0 Å². The summed E-state index contributed by atoms with van der Waals surface area (Å²) < 4.78 is 18.2. The molecule has 0 bridgehead atoms. The molecule has 2 N–H and O–H groups in total. The summed E-state index contributed by atoms with van der Waals surface area (Å²) in [5, 5.41) is 7.38. The number of nitrogens with zero attached hydrogens (tertiary/aromatic N) is 2. The zero-order chi connectivity index (χ0) is 17.5. The number of hydrazone groups is 1. The van der Waals surface area contributed by atoms with Crippen molar-refractivity contribution >= 4 is 34.9 Å². The zero-order valence-electron chi connectivity index (χ0n) is 13.6. The normalized spacial score (nSPS) is 14.5. The summed E-state index contributed by atoms with van der Waals surface area (Å²) in [5.74, 6) is -0.289. The van der Waals surface area contributed by atoms with Crippen LogP contribution in [0, 0.1) is 5.82 Å². The number of rotatable bonds is 4. The van der Waals surface area contributed by atoms with Crippen molar-refractivity contribution in [3.8, 4) is 0 Å². The number of thiocarbonyl (C=S) groups is 1. The highest BCUT2D eigenvalue weighted by molar-refractivity contribution is 7.80. The highest BCUT2D eigenvalue weighted by Crippen LogP contribution is 2.16. The second kappa shape index (κ2) is 8.55. The Hall–Kier alpha value is -2.51. The van der Waals surface area contributed by atoms with E-state index in [4.69, 9.17) is 17.0 Å². The fraction of sp³-hybridized carbons (Fsp3) is 0.222. The van der Waals surface area contributed by atoms with Crippen molar-refractivity contribution in [2.45, 2.75) is 0 Å². The van der Waals surface area contributed by atoms with E-state index in [0.717, 1.165) is 31.9 Å². The molecule has 2 aromatic rings. The van der Waals surface area contributed by atoms with E-state index >= 15 is 0 Å². The quantitative estimate of drug-likeness (QED) is 0.500. The average molecular weight is 358 g/mol. The molecule has 0 atom stereocenters. The van der Waals surface area contributed by atoms with Gasteiger partial charge in [-0.25, -0.2) is 4.39 Å². The maximum atomic E-state index is 12.9. The molecular formula is C18H19FN4OS. The summed E-state index contributed by atoms with van der Waals surface area (Å²) in [6.45, 7) is 3.37. The Balaban J connectivity index is 1.49. The molecule has 5 nitrogen and oxygen atoms in total. The van der Waals surface area contributed by atoms with E-state index in [1.807, 2.05) is 12.1 Å². The minimum absolute atomic E-state index is 0.289. The summed E-state index contributed by atoms with van der Waals surface area (Å²) in [6, 6.07) is 14.1. The van der Waals surface area contributed by atoms with Crippen LogP contribution in [0.15, 0.2) is 53.6 Å². The van der Waals surface area contributed by atoms with E-state index in [0.29, 0.717) is 10.8 Å². The first-order valence-corrected chi connectivity index (χ1v) is 8.40. The first-order chi connectivity index (χ1) is 12.2. The number of anilines is 2. The number of hydrogen-bond acceptors (Lipinski definition) is 4. The van der Waals surface area contributed by atoms with Gasteiger partial charge in [-0.05, 0) is 54.2 Å². The predicted octanol–water partition coefficient (Wildman–Crippen LogP) is 2.98. The van der Waals surface area contributed by atoms with Crippen molar-refractivity contribution in [1.82, 2.24) is 5.43 Å². The van der Waals surface area contributed by atoms with Crippen molar-refractivity contribution in [3.05, 3.63) is 59.9 Å². The molecule has 0 spiro atoms. The molecule has 3 rings (SSSR count). The van der Waals surface area contributed by atoms with Gasteiger partial charge in [-0.15, -0.1) is 0 Å². The maximum absolute atomic E-state index is 12.9. The Morgan fingerprint density at radius 3 is 2.44 bits per heavy atom. The Morgan fingerprint density at radius 2 is 1.76 bits per heavy atom. The van der Waals surface area contributed by atoms with Crippen molar-refractivity contribution in [2.24, 2.45) is 5.10 Å². The molecule has 0 amide bonds. The first-order valence-electron chi connectivity index (χ1n) is 7.99. The number of hydrogen-bond donors (Lipinski definition) is 2. The van der Waals surface area contributed by atoms with Crippen LogP contribution in [0.1, 0.15) is 5.56 Å². The summed E-state index contributed by atoms with van der Waals surface area (Å²) in [5.41, 5.74) is 5.59. The molecule has 0 aromatic heterocycles. The number of ether oxygens (including phenoxy) is 1. The lowest BCUT2D eigenvalue weighted by Crippen LogP contribution is -2.36. The molecule has 25 heavy (non-hydrogen) atoms. The van der Waals surface area contributed by atoms with E-state index in [1.54, 1.807) is 18.3 Å². The smallest absolute Gasteiger partial charge is 0.191 e. The standard InChI is InChI=1S/C18H19FN4OS/c19-15-3-5-16(6-4-15)21-18(25)22-20-13-14-1-7-17(8-2-14)23-9-11-24-12-10-23/h1-8,13H,9-12H2,(H2,21,22,25)/b20-13-. The molecule has 2 aromatic carbocycles. The molecule has 1 saturated heterocycles. The van der Waals surface area contributed by atoms with Gasteiger partial charge in [-0.2, -0.15) is 5.10 Å². The van der Waals surface area contributed by atoms with Crippen molar-refractivity contribution in [2.75, 3.05) is 36.5 Å². The van der Waals surface area contributed by atoms with Gasteiger partial charge in [0.2, 0.25) is 0 Å².